The van der Waals surface area contributed by atoms with Gasteiger partial charge >= 0.3 is 6.18 Å². The van der Waals surface area contributed by atoms with Crippen LogP contribution in [0.4, 0.5) is 13.2 Å². The van der Waals surface area contributed by atoms with E-state index in [-0.39, 0.29) is 25.0 Å². The molecule has 2 nitrogen and oxygen atoms in total. The quantitative estimate of drug-likeness (QED) is 0.814. The van der Waals surface area contributed by atoms with Crippen LogP contribution >= 0.6 is 0 Å². The molecule has 5 heteroatoms. The minimum Gasteiger partial charge on any atom is -0.381 e. The average Bonchev–Trinajstić information content (AvgIpc) is 2.98. The molecule has 0 aliphatic heterocycles. The van der Waals surface area contributed by atoms with Crippen LogP contribution in [0.2, 0.25) is 0 Å². The zero-order valence-electron chi connectivity index (χ0n) is 9.44. The summed E-state index contributed by atoms with van der Waals surface area (Å²) < 4.78 is 43.4. The van der Waals surface area contributed by atoms with E-state index in [2.05, 4.69) is 5.32 Å². The van der Waals surface area contributed by atoms with Crippen molar-refractivity contribution in [3.05, 3.63) is 0 Å². The SMILES string of the molecule is COC1CCCC(NC2(C(F)(F)F)CC2)C1. The third-order valence-corrected chi connectivity index (χ3v) is 3.73. The molecule has 2 atom stereocenters. The zero-order valence-corrected chi connectivity index (χ0v) is 9.44. The molecule has 0 amide bonds. The molecule has 0 bridgehead atoms. The molecule has 2 rings (SSSR count). The summed E-state index contributed by atoms with van der Waals surface area (Å²) in [6.45, 7) is 0. The first-order chi connectivity index (χ1) is 7.47. The third kappa shape index (κ3) is 2.35. The average molecular weight is 237 g/mol. The van der Waals surface area contributed by atoms with Crippen molar-refractivity contribution in [2.24, 2.45) is 0 Å². The van der Waals surface area contributed by atoms with Gasteiger partial charge in [-0.05, 0) is 38.5 Å². The van der Waals surface area contributed by atoms with Crippen LogP contribution in [0.3, 0.4) is 0 Å². The second kappa shape index (κ2) is 4.18. The maximum Gasteiger partial charge on any atom is 0.406 e. The largest absolute Gasteiger partial charge is 0.406 e. The topological polar surface area (TPSA) is 21.3 Å². The number of hydrogen-bond donors (Lipinski definition) is 1. The summed E-state index contributed by atoms with van der Waals surface area (Å²) in [5.74, 6) is 0. The Kier molecular flexibility index (Phi) is 3.18. The van der Waals surface area contributed by atoms with E-state index in [1.807, 2.05) is 0 Å². The normalized spacial score (nSPS) is 33.8. The van der Waals surface area contributed by atoms with Gasteiger partial charge in [0.2, 0.25) is 0 Å². The summed E-state index contributed by atoms with van der Waals surface area (Å²) in [5.41, 5.74) is -1.58. The fourth-order valence-electron chi connectivity index (χ4n) is 2.52. The molecule has 2 aliphatic rings. The lowest BCUT2D eigenvalue weighted by atomic mass is 9.92. The van der Waals surface area contributed by atoms with Crippen LogP contribution < -0.4 is 5.32 Å². The molecule has 94 valence electrons. The minimum absolute atomic E-state index is 0.0391. The molecule has 0 saturated heterocycles. The van der Waals surface area contributed by atoms with Crippen LogP contribution in [0, 0.1) is 0 Å². The summed E-state index contributed by atoms with van der Waals surface area (Å²) in [6, 6.07) is -0.0391. The molecule has 0 spiro atoms. The Morgan fingerprint density at radius 2 is 1.94 bits per heavy atom. The highest BCUT2D eigenvalue weighted by Gasteiger charge is 2.63. The monoisotopic (exact) mass is 237 g/mol. The van der Waals surface area contributed by atoms with Gasteiger partial charge in [0.1, 0.15) is 5.54 Å². The van der Waals surface area contributed by atoms with Crippen LogP contribution in [-0.2, 0) is 4.74 Å². The lowest BCUT2D eigenvalue weighted by molar-refractivity contribution is -0.169. The summed E-state index contributed by atoms with van der Waals surface area (Å²) >= 11 is 0. The molecule has 0 aromatic rings. The summed E-state index contributed by atoms with van der Waals surface area (Å²) in [4.78, 5) is 0. The number of hydrogen-bond acceptors (Lipinski definition) is 2. The number of halogens is 3. The van der Waals surface area contributed by atoms with Crippen molar-refractivity contribution < 1.29 is 17.9 Å². The number of rotatable bonds is 3. The standard InChI is InChI=1S/C11H18F3NO/c1-16-9-4-2-3-8(7-9)15-10(5-6-10)11(12,13)14/h8-9,15H,2-7H2,1H3. The maximum absolute atomic E-state index is 12.7. The Bertz CT molecular complexity index is 250. The molecule has 0 aromatic carbocycles. The van der Waals surface area contributed by atoms with Crippen molar-refractivity contribution in [2.75, 3.05) is 7.11 Å². The maximum atomic E-state index is 12.7. The number of ether oxygens (including phenoxy) is 1. The van der Waals surface area contributed by atoms with Gasteiger partial charge in [0.25, 0.3) is 0 Å². The zero-order chi connectivity index (χ0) is 11.8. The number of alkyl halides is 3. The molecular weight excluding hydrogens is 219 g/mol. The van der Waals surface area contributed by atoms with Crippen molar-refractivity contribution >= 4 is 0 Å². The van der Waals surface area contributed by atoms with Crippen LogP contribution in [0.15, 0.2) is 0 Å². The Hall–Kier alpha value is -0.290. The Morgan fingerprint density at radius 1 is 1.25 bits per heavy atom. The van der Waals surface area contributed by atoms with Gasteiger partial charge in [0, 0.05) is 13.2 Å². The van der Waals surface area contributed by atoms with Gasteiger partial charge in [-0.2, -0.15) is 13.2 Å². The van der Waals surface area contributed by atoms with Crippen molar-refractivity contribution in [1.82, 2.24) is 5.32 Å². The van der Waals surface area contributed by atoms with Gasteiger partial charge in [0.05, 0.1) is 6.10 Å². The van der Waals surface area contributed by atoms with E-state index in [0.29, 0.717) is 6.42 Å². The van der Waals surface area contributed by atoms with Crippen molar-refractivity contribution in [2.45, 2.75) is 62.4 Å². The summed E-state index contributed by atoms with van der Waals surface area (Å²) in [5, 5.41) is 2.81. The molecule has 2 aliphatic carbocycles. The van der Waals surface area contributed by atoms with E-state index in [1.165, 1.54) is 0 Å². The van der Waals surface area contributed by atoms with E-state index in [9.17, 15) is 13.2 Å². The lowest BCUT2D eigenvalue weighted by Crippen LogP contribution is -2.51. The third-order valence-electron chi connectivity index (χ3n) is 3.73. The molecule has 1 N–H and O–H groups in total. The molecular formula is C11H18F3NO. The second-order valence-corrected chi connectivity index (χ2v) is 4.95. The fraction of sp³-hybridized carbons (Fsp3) is 1.00. The molecule has 0 aromatic heterocycles. The number of methoxy groups -OCH3 is 1. The smallest absolute Gasteiger partial charge is 0.381 e. The van der Waals surface area contributed by atoms with Gasteiger partial charge in [0.15, 0.2) is 0 Å². The first kappa shape index (κ1) is 12.2. The van der Waals surface area contributed by atoms with E-state index in [4.69, 9.17) is 4.74 Å². The van der Waals surface area contributed by atoms with Crippen molar-refractivity contribution in [1.29, 1.82) is 0 Å². The van der Waals surface area contributed by atoms with Crippen LogP contribution in [-0.4, -0.2) is 31.0 Å². The Balaban J connectivity index is 1.90. The van der Waals surface area contributed by atoms with Gasteiger partial charge < -0.3 is 10.1 Å². The van der Waals surface area contributed by atoms with Crippen LogP contribution in [0.25, 0.3) is 0 Å². The predicted octanol–water partition coefficient (Wildman–Crippen LogP) is 2.63. The fourth-order valence-corrected chi connectivity index (χ4v) is 2.52. The van der Waals surface area contributed by atoms with Gasteiger partial charge in [-0.25, -0.2) is 0 Å². The Morgan fingerprint density at radius 3 is 2.44 bits per heavy atom. The first-order valence-corrected chi connectivity index (χ1v) is 5.84. The van der Waals surface area contributed by atoms with E-state index >= 15 is 0 Å². The molecule has 2 saturated carbocycles. The van der Waals surface area contributed by atoms with E-state index < -0.39 is 11.7 Å². The van der Waals surface area contributed by atoms with Crippen LogP contribution in [0.1, 0.15) is 38.5 Å². The van der Waals surface area contributed by atoms with Crippen molar-refractivity contribution in [3.8, 4) is 0 Å². The highest BCUT2D eigenvalue weighted by molar-refractivity contribution is 5.09. The van der Waals surface area contributed by atoms with Crippen LogP contribution in [0.5, 0.6) is 0 Å². The molecule has 2 fully saturated rings. The van der Waals surface area contributed by atoms with Crippen molar-refractivity contribution in [3.63, 3.8) is 0 Å². The molecule has 0 heterocycles. The highest BCUT2D eigenvalue weighted by Crippen LogP contribution is 2.49. The van der Waals surface area contributed by atoms with Gasteiger partial charge in [-0.3, -0.25) is 0 Å². The Labute approximate surface area is 93.5 Å². The molecule has 0 radical (unpaired) electrons. The van der Waals surface area contributed by atoms with E-state index in [1.54, 1.807) is 7.11 Å². The number of nitrogens with one attached hydrogen (secondary N) is 1. The summed E-state index contributed by atoms with van der Waals surface area (Å²) in [7, 11) is 1.63. The predicted molar refractivity (Wildman–Crippen MR) is 54.2 cm³/mol. The minimum atomic E-state index is -4.10. The second-order valence-electron chi connectivity index (χ2n) is 4.95. The summed E-state index contributed by atoms with van der Waals surface area (Å²) in [6.07, 6.45) is -0.0816. The van der Waals surface area contributed by atoms with E-state index in [0.717, 1.165) is 19.3 Å². The van der Waals surface area contributed by atoms with Gasteiger partial charge in [-0.1, -0.05) is 0 Å². The first-order valence-electron chi connectivity index (χ1n) is 5.84. The highest BCUT2D eigenvalue weighted by atomic mass is 19.4. The van der Waals surface area contributed by atoms with Gasteiger partial charge in [-0.15, -0.1) is 0 Å². The molecule has 2 unspecified atom stereocenters. The lowest BCUT2D eigenvalue weighted by Gasteiger charge is -2.33. The molecule has 16 heavy (non-hydrogen) atoms.